The zero-order valence-electron chi connectivity index (χ0n) is 8.59. The second-order valence-corrected chi connectivity index (χ2v) is 4.96. The number of piperidine rings is 1. The molecule has 0 saturated carbocycles. The molecule has 0 aromatic rings. The van der Waals surface area contributed by atoms with Gasteiger partial charge >= 0.3 is 0 Å². The molecule has 1 saturated heterocycles. The van der Waals surface area contributed by atoms with Crippen LogP contribution < -0.4 is 0 Å². The highest BCUT2D eigenvalue weighted by Gasteiger charge is 2.27. The van der Waals surface area contributed by atoms with E-state index in [4.69, 9.17) is 11.6 Å². The molecule has 1 heterocycles. The Morgan fingerprint density at radius 3 is 2.23 bits per heavy atom. The van der Waals surface area contributed by atoms with E-state index in [0.717, 1.165) is 13.1 Å². The van der Waals surface area contributed by atoms with Gasteiger partial charge in [0.1, 0.15) is 5.38 Å². The highest BCUT2D eigenvalue weighted by atomic mass is 35.5. The Bertz CT molecular complexity index is 183. The third kappa shape index (κ3) is 2.87. The Kier molecular flexibility index (Phi) is 3.60. The van der Waals surface area contributed by atoms with E-state index in [1.54, 1.807) is 6.92 Å². The lowest BCUT2D eigenvalue weighted by Gasteiger charge is -2.35. The molecule has 13 heavy (non-hydrogen) atoms. The van der Waals surface area contributed by atoms with Crippen molar-refractivity contribution in [2.75, 3.05) is 13.1 Å². The van der Waals surface area contributed by atoms with Gasteiger partial charge in [0, 0.05) is 13.1 Å². The molecule has 3 atom stereocenters. The molecule has 1 rings (SSSR count). The maximum atomic E-state index is 11.6. The van der Waals surface area contributed by atoms with Gasteiger partial charge in [-0.2, -0.15) is 0 Å². The van der Waals surface area contributed by atoms with Crippen LogP contribution in [0.2, 0.25) is 0 Å². The van der Waals surface area contributed by atoms with Gasteiger partial charge in [-0.25, -0.2) is 0 Å². The Morgan fingerprint density at radius 2 is 1.85 bits per heavy atom. The molecule has 0 spiro atoms. The Labute approximate surface area is 85.2 Å². The van der Waals surface area contributed by atoms with Gasteiger partial charge in [0.15, 0.2) is 0 Å². The van der Waals surface area contributed by atoms with Crippen molar-refractivity contribution < 1.29 is 4.79 Å². The number of rotatable bonds is 1. The summed E-state index contributed by atoms with van der Waals surface area (Å²) in [5, 5.41) is -0.377. The Balaban J connectivity index is 2.55. The van der Waals surface area contributed by atoms with E-state index < -0.39 is 0 Å². The first-order chi connectivity index (χ1) is 6.00. The summed E-state index contributed by atoms with van der Waals surface area (Å²) < 4.78 is 0. The van der Waals surface area contributed by atoms with Gasteiger partial charge in [-0.3, -0.25) is 4.79 Å². The first kappa shape index (κ1) is 10.8. The number of halogens is 1. The van der Waals surface area contributed by atoms with Crippen LogP contribution in [0.25, 0.3) is 0 Å². The molecule has 1 aliphatic heterocycles. The normalized spacial score (nSPS) is 31.5. The van der Waals surface area contributed by atoms with Crippen molar-refractivity contribution in [3.8, 4) is 0 Å². The summed E-state index contributed by atoms with van der Waals surface area (Å²) in [4.78, 5) is 13.5. The van der Waals surface area contributed by atoms with E-state index in [1.807, 2.05) is 4.90 Å². The monoisotopic (exact) mass is 203 g/mol. The zero-order chi connectivity index (χ0) is 10.0. The standard InChI is InChI=1S/C10H18ClNO/c1-7-4-8(2)6-12(5-7)10(13)9(3)11/h7-9H,4-6H2,1-3H3/t7-,8+,9-/m1/s1. The summed E-state index contributed by atoms with van der Waals surface area (Å²) >= 11 is 5.77. The van der Waals surface area contributed by atoms with Gasteiger partial charge in [-0.05, 0) is 25.2 Å². The molecular formula is C10H18ClNO. The SMILES string of the molecule is C[C@@H]1C[C@H](C)CN(C(=O)[C@@H](C)Cl)C1. The lowest BCUT2D eigenvalue weighted by molar-refractivity contribution is -0.133. The minimum atomic E-state index is -0.377. The van der Waals surface area contributed by atoms with Crippen LogP contribution >= 0.6 is 11.6 Å². The molecular weight excluding hydrogens is 186 g/mol. The van der Waals surface area contributed by atoms with Crippen LogP contribution in [0.5, 0.6) is 0 Å². The third-order valence-corrected chi connectivity index (χ3v) is 2.71. The quantitative estimate of drug-likeness (QED) is 0.598. The van der Waals surface area contributed by atoms with Crippen LogP contribution in [0.3, 0.4) is 0 Å². The molecule has 0 radical (unpaired) electrons. The molecule has 0 aromatic heterocycles. The number of amides is 1. The predicted octanol–water partition coefficient (Wildman–Crippen LogP) is 2.12. The van der Waals surface area contributed by atoms with E-state index in [2.05, 4.69) is 13.8 Å². The number of carbonyl (C=O) groups excluding carboxylic acids is 1. The highest BCUT2D eigenvalue weighted by Crippen LogP contribution is 2.21. The number of likely N-dealkylation sites (tertiary alicyclic amines) is 1. The van der Waals surface area contributed by atoms with Crippen molar-refractivity contribution in [2.45, 2.75) is 32.6 Å². The van der Waals surface area contributed by atoms with Crippen LogP contribution in [0.1, 0.15) is 27.2 Å². The van der Waals surface area contributed by atoms with Crippen molar-refractivity contribution in [3.05, 3.63) is 0 Å². The van der Waals surface area contributed by atoms with Gasteiger partial charge < -0.3 is 4.90 Å². The fourth-order valence-electron chi connectivity index (χ4n) is 2.09. The van der Waals surface area contributed by atoms with Crippen molar-refractivity contribution in [3.63, 3.8) is 0 Å². The first-order valence-corrected chi connectivity index (χ1v) is 5.37. The van der Waals surface area contributed by atoms with Gasteiger partial charge in [0.25, 0.3) is 0 Å². The van der Waals surface area contributed by atoms with E-state index in [0.29, 0.717) is 11.8 Å². The molecule has 1 fully saturated rings. The minimum absolute atomic E-state index is 0.0834. The number of alkyl halides is 1. The Morgan fingerprint density at radius 1 is 1.38 bits per heavy atom. The summed E-state index contributed by atoms with van der Waals surface area (Å²) in [6.45, 7) is 7.87. The molecule has 76 valence electrons. The fourth-order valence-corrected chi connectivity index (χ4v) is 2.23. The predicted molar refractivity (Wildman–Crippen MR) is 54.8 cm³/mol. The topological polar surface area (TPSA) is 20.3 Å². The molecule has 0 bridgehead atoms. The van der Waals surface area contributed by atoms with Crippen LogP contribution in [-0.2, 0) is 4.79 Å². The minimum Gasteiger partial charge on any atom is -0.341 e. The molecule has 0 N–H and O–H groups in total. The number of hydrogen-bond donors (Lipinski definition) is 0. The Hall–Kier alpha value is -0.240. The van der Waals surface area contributed by atoms with Crippen molar-refractivity contribution in [1.82, 2.24) is 4.90 Å². The molecule has 3 heteroatoms. The van der Waals surface area contributed by atoms with Gasteiger partial charge in [0.2, 0.25) is 5.91 Å². The third-order valence-electron chi connectivity index (χ3n) is 2.52. The number of carbonyl (C=O) groups is 1. The molecule has 0 unspecified atom stereocenters. The second kappa shape index (κ2) is 4.32. The van der Waals surface area contributed by atoms with E-state index >= 15 is 0 Å². The zero-order valence-corrected chi connectivity index (χ0v) is 9.34. The second-order valence-electron chi connectivity index (χ2n) is 4.31. The van der Waals surface area contributed by atoms with Crippen LogP contribution in [-0.4, -0.2) is 29.3 Å². The lowest BCUT2D eigenvalue weighted by Crippen LogP contribution is -2.45. The lowest BCUT2D eigenvalue weighted by atomic mass is 9.92. The summed E-state index contributed by atoms with van der Waals surface area (Å²) in [6.07, 6.45) is 1.22. The van der Waals surface area contributed by atoms with Crippen molar-refractivity contribution >= 4 is 17.5 Å². The van der Waals surface area contributed by atoms with Gasteiger partial charge in [-0.1, -0.05) is 13.8 Å². The molecule has 0 aliphatic carbocycles. The van der Waals surface area contributed by atoms with E-state index in [9.17, 15) is 4.79 Å². The number of hydrogen-bond acceptors (Lipinski definition) is 1. The van der Waals surface area contributed by atoms with Crippen LogP contribution in [0, 0.1) is 11.8 Å². The van der Waals surface area contributed by atoms with Crippen molar-refractivity contribution in [2.24, 2.45) is 11.8 Å². The van der Waals surface area contributed by atoms with Crippen LogP contribution in [0.15, 0.2) is 0 Å². The summed E-state index contributed by atoms with van der Waals surface area (Å²) in [5.41, 5.74) is 0. The van der Waals surface area contributed by atoms with E-state index in [1.165, 1.54) is 6.42 Å². The fraction of sp³-hybridized carbons (Fsp3) is 0.900. The van der Waals surface area contributed by atoms with Crippen molar-refractivity contribution in [1.29, 1.82) is 0 Å². The van der Waals surface area contributed by atoms with Gasteiger partial charge in [-0.15, -0.1) is 11.6 Å². The average Bonchev–Trinajstić information content (AvgIpc) is 2.01. The molecule has 1 amide bonds. The van der Waals surface area contributed by atoms with E-state index in [-0.39, 0.29) is 11.3 Å². The maximum absolute atomic E-state index is 11.6. The maximum Gasteiger partial charge on any atom is 0.240 e. The summed E-state index contributed by atoms with van der Waals surface area (Å²) in [6, 6.07) is 0. The molecule has 0 aromatic carbocycles. The largest absolute Gasteiger partial charge is 0.341 e. The smallest absolute Gasteiger partial charge is 0.240 e. The highest BCUT2D eigenvalue weighted by molar-refractivity contribution is 6.30. The van der Waals surface area contributed by atoms with Crippen LogP contribution in [0.4, 0.5) is 0 Å². The number of nitrogens with zero attached hydrogens (tertiary/aromatic N) is 1. The molecule has 1 aliphatic rings. The van der Waals surface area contributed by atoms with Gasteiger partial charge in [0.05, 0.1) is 0 Å². The summed E-state index contributed by atoms with van der Waals surface area (Å²) in [7, 11) is 0. The summed E-state index contributed by atoms with van der Waals surface area (Å²) in [5.74, 6) is 1.31. The first-order valence-electron chi connectivity index (χ1n) is 4.93. The average molecular weight is 204 g/mol. The molecule has 2 nitrogen and oxygen atoms in total.